The summed E-state index contributed by atoms with van der Waals surface area (Å²) in [6.07, 6.45) is 3.99. The van der Waals surface area contributed by atoms with E-state index in [0.29, 0.717) is 13.2 Å². The summed E-state index contributed by atoms with van der Waals surface area (Å²) in [6.45, 7) is 7.94. The minimum atomic E-state index is -0.0426. The predicted octanol–water partition coefficient (Wildman–Crippen LogP) is 3.10. The molecule has 2 heterocycles. The Hall–Kier alpha value is -2.18. The van der Waals surface area contributed by atoms with E-state index in [1.807, 2.05) is 35.8 Å². The minimum Gasteiger partial charge on any atom is -0.383 e. The number of hydrogen-bond acceptors (Lipinski definition) is 4. The van der Waals surface area contributed by atoms with Crippen LogP contribution in [0.1, 0.15) is 36.6 Å². The Balaban J connectivity index is 1.71. The summed E-state index contributed by atoms with van der Waals surface area (Å²) >= 11 is 0. The molecule has 1 saturated heterocycles. The van der Waals surface area contributed by atoms with Crippen molar-refractivity contribution in [2.45, 2.75) is 52.4 Å². The number of methoxy groups -OCH3 is 1. The first-order valence-electron chi connectivity index (χ1n) is 10.6. The van der Waals surface area contributed by atoms with Gasteiger partial charge in [-0.15, -0.1) is 0 Å². The number of nitrogens with zero attached hydrogens (tertiary/aromatic N) is 4. The summed E-state index contributed by atoms with van der Waals surface area (Å²) in [5.74, 6) is 0.160. The molecule has 1 aliphatic rings. The van der Waals surface area contributed by atoms with Crippen molar-refractivity contribution in [1.29, 1.82) is 0 Å². The number of amides is 1. The molecule has 0 unspecified atom stereocenters. The number of piperidine rings is 1. The summed E-state index contributed by atoms with van der Waals surface area (Å²) in [5, 5.41) is 4.51. The van der Waals surface area contributed by atoms with E-state index in [9.17, 15) is 4.79 Å². The number of aromatic nitrogens is 2. The number of carbonyl (C=O) groups is 1. The molecule has 0 N–H and O–H groups in total. The van der Waals surface area contributed by atoms with E-state index in [1.54, 1.807) is 7.11 Å². The average Bonchev–Trinajstić information content (AvgIpc) is 3.09. The monoisotopic (exact) mass is 398 g/mol. The second-order valence-electron chi connectivity index (χ2n) is 8.02. The van der Waals surface area contributed by atoms with Crippen molar-refractivity contribution in [3.63, 3.8) is 0 Å². The lowest BCUT2D eigenvalue weighted by Gasteiger charge is -2.41. The van der Waals surface area contributed by atoms with Crippen LogP contribution in [0.4, 0.5) is 0 Å². The third-order valence-electron chi connectivity index (χ3n) is 5.93. The van der Waals surface area contributed by atoms with Gasteiger partial charge in [0.2, 0.25) is 5.91 Å². The molecule has 0 radical (unpaired) electrons. The minimum absolute atomic E-state index is 0.0426. The van der Waals surface area contributed by atoms with Crippen LogP contribution in [-0.2, 0) is 29.2 Å². The Kier molecular flexibility index (Phi) is 7.45. The van der Waals surface area contributed by atoms with Crippen LogP contribution in [0.3, 0.4) is 0 Å². The van der Waals surface area contributed by atoms with Crippen molar-refractivity contribution >= 4 is 5.91 Å². The molecule has 6 nitrogen and oxygen atoms in total. The second kappa shape index (κ2) is 10.0. The molecule has 6 heteroatoms. The number of hydrogen-bond donors (Lipinski definition) is 0. The SMILES string of the molecule is CCn1cc(CN(C)C(=O)[C@@H]2CCCN(Cc3ccccc3)[C@@H]2COC)c(C)n1. The van der Waals surface area contributed by atoms with Gasteiger partial charge in [-0.25, -0.2) is 0 Å². The molecule has 158 valence electrons. The molecule has 29 heavy (non-hydrogen) atoms. The van der Waals surface area contributed by atoms with Crippen LogP contribution < -0.4 is 0 Å². The third-order valence-corrected chi connectivity index (χ3v) is 5.93. The number of likely N-dealkylation sites (tertiary alicyclic amines) is 1. The summed E-state index contributed by atoms with van der Waals surface area (Å²) in [4.78, 5) is 17.7. The lowest BCUT2D eigenvalue weighted by molar-refractivity contribution is -0.140. The van der Waals surface area contributed by atoms with Gasteiger partial charge in [0.25, 0.3) is 0 Å². The van der Waals surface area contributed by atoms with Crippen molar-refractivity contribution in [2.24, 2.45) is 5.92 Å². The Morgan fingerprint density at radius 1 is 1.31 bits per heavy atom. The maximum absolute atomic E-state index is 13.4. The van der Waals surface area contributed by atoms with E-state index < -0.39 is 0 Å². The zero-order valence-electron chi connectivity index (χ0n) is 18.2. The third kappa shape index (κ3) is 5.25. The number of carbonyl (C=O) groups excluding carboxylic acids is 1. The molecular formula is C23H34N4O2. The predicted molar refractivity (Wildman–Crippen MR) is 114 cm³/mol. The highest BCUT2D eigenvalue weighted by Gasteiger charge is 2.37. The first kappa shape index (κ1) is 21.5. The molecule has 0 saturated carbocycles. The lowest BCUT2D eigenvalue weighted by Crippen LogP contribution is -2.52. The second-order valence-corrected chi connectivity index (χ2v) is 8.02. The average molecular weight is 399 g/mol. The number of aryl methyl sites for hydroxylation is 2. The molecule has 1 aromatic carbocycles. The fourth-order valence-corrected chi connectivity index (χ4v) is 4.31. The number of benzene rings is 1. The first-order chi connectivity index (χ1) is 14.0. The van der Waals surface area contributed by atoms with Crippen LogP contribution in [0.25, 0.3) is 0 Å². The maximum Gasteiger partial charge on any atom is 0.227 e. The van der Waals surface area contributed by atoms with E-state index in [2.05, 4.69) is 41.2 Å². The van der Waals surface area contributed by atoms with E-state index in [-0.39, 0.29) is 17.9 Å². The highest BCUT2D eigenvalue weighted by molar-refractivity contribution is 5.79. The molecule has 1 aromatic heterocycles. The Morgan fingerprint density at radius 2 is 2.07 bits per heavy atom. The van der Waals surface area contributed by atoms with Crippen LogP contribution >= 0.6 is 0 Å². The van der Waals surface area contributed by atoms with Gasteiger partial charge >= 0.3 is 0 Å². The molecule has 2 atom stereocenters. The molecule has 2 aromatic rings. The van der Waals surface area contributed by atoms with Crippen molar-refractivity contribution < 1.29 is 9.53 Å². The Morgan fingerprint density at radius 3 is 2.72 bits per heavy atom. The first-order valence-corrected chi connectivity index (χ1v) is 10.6. The topological polar surface area (TPSA) is 50.6 Å². The fourth-order valence-electron chi connectivity index (χ4n) is 4.31. The largest absolute Gasteiger partial charge is 0.383 e. The molecule has 0 spiro atoms. The maximum atomic E-state index is 13.4. The van der Waals surface area contributed by atoms with Crippen LogP contribution in [0.15, 0.2) is 36.5 Å². The van der Waals surface area contributed by atoms with Gasteiger partial charge in [0.05, 0.1) is 18.2 Å². The van der Waals surface area contributed by atoms with Gasteiger partial charge in [-0.2, -0.15) is 5.10 Å². The Labute approximate surface area is 174 Å². The van der Waals surface area contributed by atoms with E-state index in [0.717, 1.165) is 43.7 Å². The van der Waals surface area contributed by atoms with Gasteiger partial charge in [0.15, 0.2) is 0 Å². The summed E-state index contributed by atoms with van der Waals surface area (Å²) in [6, 6.07) is 10.6. The standard InChI is InChI=1S/C23H34N4O2/c1-5-27-16-20(18(2)24-27)15-25(3)23(28)21-12-9-13-26(22(21)17-29-4)14-19-10-7-6-8-11-19/h6-8,10-11,16,21-22H,5,9,12-15,17H2,1-4H3/t21-,22-/m1/s1. The number of ether oxygens (including phenoxy) is 1. The molecule has 1 aliphatic heterocycles. The zero-order chi connectivity index (χ0) is 20.8. The highest BCUT2D eigenvalue weighted by atomic mass is 16.5. The molecule has 0 aliphatic carbocycles. The van der Waals surface area contributed by atoms with Gasteiger partial charge in [-0.3, -0.25) is 14.4 Å². The van der Waals surface area contributed by atoms with Gasteiger partial charge in [-0.05, 0) is 38.8 Å². The van der Waals surface area contributed by atoms with Crippen LogP contribution in [0, 0.1) is 12.8 Å². The summed E-state index contributed by atoms with van der Waals surface area (Å²) < 4.78 is 7.47. The van der Waals surface area contributed by atoms with Crippen LogP contribution in [-0.4, -0.2) is 58.8 Å². The van der Waals surface area contributed by atoms with Gasteiger partial charge in [0, 0.05) is 51.6 Å². The smallest absolute Gasteiger partial charge is 0.227 e. The highest BCUT2D eigenvalue weighted by Crippen LogP contribution is 2.28. The normalized spacial score (nSPS) is 20.0. The molecule has 1 amide bonds. The number of rotatable bonds is 8. The van der Waals surface area contributed by atoms with Crippen molar-refractivity contribution in [3.05, 3.63) is 53.3 Å². The molecule has 3 rings (SSSR count). The molecule has 1 fully saturated rings. The summed E-state index contributed by atoms with van der Waals surface area (Å²) in [7, 11) is 3.63. The molecule has 0 bridgehead atoms. The summed E-state index contributed by atoms with van der Waals surface area (Å²) in [5.41, 5.74) is 3.38. The van der Waals surface area contributed by atoms with Crippen LogP contribution in [0.5, 0.6) is 0 Å². The van der Waals surface area contributed by atoms with Crippen molar-refractivity contribution in [1.82, 2.24) is 19.6 Å². The quantitative estimate of drug-likeness (QED) is 0.686. The van der Waals surface area contributed by atoms with Crippen molar-refractivity contribution in [3.8, 4) is 0 Å². The van der Waals surface area contributed by atoms with Gasteiger partial charge in [0.1, 0.15) is 0 Å². The zero-order valence-corrected chi connectivity index (χ0v) is 18.2. The van der Waals surface area contributed by atoms with E-state index in [1.165, 1.54) is 5.56 Å². The molecular weight excluding hydrogens is 364 g/mol. The van der Waals surface area contributed by atoms with Crippen molar-refractivity contribution in [2.75, 3.05) is 27.3 Å². The van der Waals surface area contributed by atoms with E-state index in [4.69, 9.17) is 4.74 Å². The van der Waals surface area contributed by atoms with E-state index >= 15 is 0 Å². The lowest BCUT2D eigenvalue weighted by atomic mass is 9.87. The van der Waals surface area contributed by atoms with Crippen LogP contribution in [0.2, 0.25) is 0 Å². The fraction of sp³-hybridized carbons (Fsp3) is 0.565. The Bertz CT molecular complexity index is 789. The van der Waals surface area contributed by atoms with Gasteiger partial charge in [-0.1, -0.05) is 30.3 Å². The van der Waals surface area contributed by atoms with Gasteiger partial charge < -0.3 is 9.64 Å².